The van der Waals surface area contributed by atoms with Crippen molar-refractivity contribution in [3.05, 3.63) is 51.7 Å². The number of hydrogen-bond acceptors (Lipinski definition) is 5. The largest absolute Gasteiger partial charge is 0.365 e. The molecule has 1 aliphatic carbocycles. The van der Waals surface area contributed by atoms with Gasteiger partial charge in [-0.15, -0.1) is 11.3 Å². The summed E-state index contributed by atoms with van der Waals surface area (Å²) in [5.74, 6) is -0.215. The number of rotatable bonds is 6. The summed E-state index contributed by atoms with van der Waals surface area (Å²) in [6.45, 7) is 6.37. The van der Waals surface area contributed by atoms with Crippen LogP contribution in [0.25, 0.3) is 0 Å². The topological polar surface area (TPSA) is 78.7 Å². The molecule has 1 aromatic heterocycles. The maximum atomic E-state index is 13.4. The van der Waals surface area contributed by atoms with Gasteiger partial charge in [0.1, 0.15) is 10.8 Å². The predicted octanol–water partition coefficient (Wildman–Crippen LogP) is 2.87. The van der Waals surface area contributed by atoms with Crippen LogP contribution in [-0.2, 0) is 24.2 Å². The van der Waals surface area contributed by atoms with Crippen molar-refractivity contribution in [1.82, 2.24) is 9.80 Å². The van der Waals surface area contributed by atoms with E-state index in [4.69, 9.17) is 5.73 Å². The van der Waals surface area contributed by atoms with Gasteiger partial charge in [-0.05, 0) is 48.4 Å². The Morgan fingerprint density at radius 3 is 2.68 bits per heavy atom. The molecular formula is C23H29FN4O2S. The minimum atomic E-state index is -0.465. The van der Waals surface area contributed by atoms with Crippen molar-refractivity contribution in [1.29, 1.82) is 0 Å². The van der Waals surface area contributed by atoms with Gasteiger partial charge in [-0.25, -0.2) is 4.39 Å². The smallest absolute Gasteiger partial charge is 0.251 e. The van der Waals surface area contributed by atoms with Crippen molar-refractivity contribution in [3.8, 4) is 0 Å². The molecule has 4 rings (SSSR count). The van der Waals surface area contributed by atoms with Gasteiger partial charge in [0, 0.05) is 37.6 Å². The molecule has 2 amide bonds. The van der Waals surface area contributed by atoms with Crippen LogP contribution >= 0.6 is 11.3 Å². The van der Waals surface area contributed by atoms with E-state index in [1.165, 1.54) is 22.3 Å². The summed E-state index contributed by atoms with van der Waals surface area (Å²) in [4.78, 5) is 30.3. The summed E-state index contributed by atoms with van der Waals surface area (Å²) >= 11 is 1.50. The molecule has 8 heteroatoms. The quantitative estimate of drug-likeness (QED) is 0.718. The third-order valence-electron chi connectivity index (χ3n) is 6.14. The number of carbonyl (C=O) groups is 2. The van der Waals surface area contributed by atoms with Crippen molar-refractivity contribution >= 4 is 28.2 Å². The summed E-state index contributed by atoms with van der Waals surface area (Å²) in [5, 5.41) is 3.55. The van der Waals surface area contributed by atoms with Gasteiger partial charge in [0.25, 0.3) is 5.91 Å². The lowest BCUT2D eigenvalue weighted by molar-refractivity contribution is -0.117. The zero-order valence-electron chi connectivity index (χ0n) is 17.8. The molecule has 0 saturated carbocycles. The fourth-order valence-corrected chi connectivity index (χ4v) is 5.90. The molecule has 1 aromatic carbocycles. The number of anilines is 1. The second kappa shape index (κ2) is 9.46. The summed E-state index contributed by atoms with van der Waals surface area (Å²) in [5.41, 5.74) is 8.13. The number of thiophene rings is 1. The van der Waals surface area contributed by atoms with Crippen molar-refractivity contribution < 1.29 is 14.0 Å². The SMILES string of the molecule is CC1CCc2c(sc(NC(=O)CN3CCN(Cc4cccc(F)c4)CC3)c2C(N)=O)C1. The zero-order valence-corrected chi connectivity index (χ0v) is 18.6. The van der Waals surface area contributed by atoms with E-state index >= 15 is 0 Å². The molecule has 2 heterocycles. The van der Waals surface area contributed by atoms with E-state index in [-0.39, 0.29) is 18.3 Å². The molecule has 0 spiro atoms. The van der Waals surface area contributed by atoms with Crippen molar-refractivity contribution in [3.63, 3.8) is 0 Å². The number of amides is 2. The average Bonchev–Trinajstić information content (AvgIpc) is 3.06. The number of benzene rings is 1. The normalized spacial score (nSPS) is 19.7. The number of fused-ring (bicyclic) bond motifs is 1. The Morgan fingerprint density at radius 1 is 1.23 bits per heavy atom. The number of hydrogen-bond donors (Lipinski definition) is 2. The lowest BCUT2D eigenvalue weighted by Crippen LogP contribution is -2.48. The van der Waals surface area contributed by atoms with E-state index in [0.717, 1.165) is 56.6 Å². The number of nitrogens with one attached hydrogen (secondary N) is 1. The van der Waals surface area contributed by atoms with Crippen LogP contribution in [0, 0.1) is 11.7 Å². The Labute approximate surface area is 186 Å². The monoisotopic (exact) mass is 444 g/mol. The third kappa shape index (κ3) is 5.31. The van der Waals surface area contributed by atoms with Crippen LogP contribution < -0.4 is 11.1 Å². The van der Waals surface area contributed by atoms with Crippen molar-refractivity contribution in [2.45, 2.75) is 32.7 Å². The van der Waals surface area contributed by atoms with E-state index in [0.29, 0.717) is 23.0 Å². The van der Waals surface area contributed by atoms with E-state index in [1.54, 1.807) is 12.1 Å². The van der Waals surface area contributed by atoms with E-state index in [9.17, 15) is 14.0 Å². The lowest BCUT2D eigenvalue weighted by atomic mass is 9.88. The fraction of sp³-hybridized carbons (Fsp3) is 0.478. The highest BCUT2D eigenvalue weighted by Crippen LogP contribution is 2.39. The third-order valence-corrected chi connectivity index (χ3v) is 7.31. The van der Waals surface area contributed by atoms with Gasteiger partial charge in [0.15, 0.2) is 0 Å². The average molecular weight is 445 g/mol. The van der Waals surface area contributed by atoms with Crippen molar-refractivity contribution in [2.75, 3.05) is 38.0 Å². The first-order valence-electron chi connectivity index (χ1n) is 10.8. The van der Waals surface area contributed by atoms with E-state index < -0.39 is 5.91 Å². The molecule has 31 heavy (non-hydrogen) atoms. The fourth-order valence-electron chi connectivity index (χ4n) is 4.47. The van der Waals surface area contributed by atoms with Crippen LogP contribution in [0.4, 0.5) is 9.39 Å². The molecular weight excluding hydrogens is 415 g/mol. The first kappa shape index (κ1) is 21.9. The Morgan fingerprint density at radius 2 is 1.97 bits per heavy atom. The van der Waals surface area contributed by atoms with Gasteiger partial charge >= 0.3 is 0 Å². The van der Waals surface area contributed by atoms with Crippen LogP contribution in [0.5, 0.6) is 0 Å². The number of carbonyl (C=O) groups excluding carboxylic acids is 2. The molecule has 166 valence electrons. The lowest BCUT2D eigenvalue weighted by Gasteiger charge is -2.34. The summed E-state index contributed by atoms with van der Waals surface area (Å²) in [6.07, 6.45) is 2.81. The minimum absolute atomic E-state index is 0.118. The van der Waals surface area contributed by atoms with E-state index in [2.05, 4.69) is 22.0 Å². The summed E-state index contributed by atoms with van der Waals surface area (Å²) in [6, 6.07) is 6.68. The molecule has 1 aliphatic heterocycles. The van der Waals surface area contributed by atoms with Gasteiger partial charge in [-0.3, -0.25) is 19.4 Å². The van der Waals surface area contributed by atoms with Crippen LogP contribution in [0.2, 0.25) is 0 Å². The van der Waals surface area contributed by atoms with Crippen LogP contribution in [0.15, 0.2) is 24.3 Å². The number of halogens is 1. The van der Waals surface area contributed by atoms with Gasteiger partial charge in [-0.1, -0.05) is 19.1 Å². The second-order valence-electron chi connectivity index (χ2n) is 8.65. The zero-order chi connectivity index (χ0) is 22.0. The molecule has 2 aromatic rings. The first-order chi connectivity index (χ1) is 14.9. The summed E-state index contributed by atoms with van der Waals surface area (Å²) in [7, 11) is 0. The summed E-state index contributed by atoms with van der Waals surface area (Å²) < 4.78 is 13.4. The van der Waals surface area contributed by atoms with Crippen LogP contribution in [-0.4, -0.2) is 54.3 Å². The van der Waals surface area contributed by atoms with Gasteiger partial charge < -0.3 is 11.1 Å². The highest BCUT2D eigenvalue weighted by molar-refractivity contribution is 7.17. The molecule has 0 bridgehead atoms. The predicted molar refractivity (Wildman–Crippen MR) is 121 cm³/mol. The highest BCUT2D eigenvalue weighted by Gasteiger charge is 2.28. The van der Waals surface area contributed by atoms with Crippen molar-refractivity contribution in [2.24, 2.45) is 11.7 Å². The number of nitrogens with two attached hydrogens (primary N) is 1. The number of nitrogens with zero attached hydrogens (tertiary/aromatic N) is 2. The first-order valence-corrected chi connectivity index (χ1v) is 11.6. The minimum Gasteiger partial charge on any atom is -0.365 e. The Hall–Kier alpha value is -2.29. The van der Waals surface area contributed by atoms with Gasteiger partial charge in [0.05, 0.1) is 12.1 Å². The maximum absolute atomic E-state index is 13.4. The molecule has 3 N–H and O–H groups in total. The highest BCUT2D eigenvalue weighted by atomic mass is 32.1. The van der Waals surface area contributed by atoms with Crippen LogP contribution in [0.1, 0.15) is 39.7 Å². The van der Waals surface area contributed by atoms with Crippen LogP contribution in [0.3, 0.4) is 0 Å². The Balaban J connectivity index is 1.31. The molecule has 1 atom stereocenters. The Bertz CT molecular complexity index is 968. The van der Waals surface area contributed by atoms with Gasteiger partial charge in [-0.2, -0.15) is 0 Å². The second-order valence-corrected chi connectivity index (χ2v) is 9.76. The maximum Gasteiger partial charge on any atom is 0.251 e. The number of piperazine rings is 1. The Kier molecular flexibility index (Phi) is 6.69. The van der Waals surface area contributed by atoms with E-state index in [1.807, 2.05) is 6.07 Å². The molecule has 6 nitrogen and oxygen atoms in total. The molecule has 1 unspecified atom stereocenters. The molecule has 1 saturated heterocycles. The molecule has 0 radical (unpaired) electrons. The standard InChI is InChI=1S/C23H29FN4O2S/c1-15-5-6-18-19(11-15)31-23(21(18)22(25)30)26-20(29)14-28-9-7-27(8-10-28)13-16-3-2-4-17(24)12-16/h2-4,12,15H,5-11,13-14H2,1H3,(H2,25,30)(H,26,29). The molecule has 2 aliphatic rings. The number of primary amides is 1. The van der Waals surface area contributed by atoms with Gasteiger partial charge in [0.2, 0.25) is 5.91 Å². The molecule has 1 fully saturated rings.